The van der Waals surface area contributed by atoms with Crippen molar-refractivity contribution in [1.82, 2.24) is 19.9 Å². The molecule has 186 valence electrons. The van der Waals surface area contributed by atoms with Crippen LogP contribution in [0.1, 0.15) is 73.8 Å². The molecular weight excluding hydrogens is 436 g/mol. The number of aryl methyl sites for hydroxylation is 2. The number of hydrogen-bond donors (Lipinski definition) is 2. The van der Waals surface area contributed by atoms with Crippen LogP contribution < -0.4 is 5.73 Å². The van der Waals surface area contributed by atoms with Gasteiger partial charge in [0.25, 0.3) is 0 Å². The first-order chi connectivity index (χ1) is 17.0. The van der Waals surface area contributed by atoms with Gasteiger partial charge in [-0.2, -0.15) is 0 Å². The molecule has 0 bridgehead atoms. The SMILES string of the molecule is Cc1cc(-c2[nH]c3cc(C)c(C4CCN(C5CCOCC5)CC4)nc3c2C(C)C)cnc1N=CN. The van der Waals surface area contributed by atoms with E-state index in [1.807, 2.05) is 13.1 Å². The minimum atomic E-state index is 0.333. The predicted octanol–water partition coefficient (Wildman–Crippen LogP) is 5.34. The molecule has 2 aliphatic heterocycles. The number of nitrogens with zero attached hydrogens (tertiary/aromatic N) is 4. The molecule has 0 spiro atoms. The fraction of sp³-hybridized carbons (Fsp3) is 0.536. The molecule has 3 aromatic rings. The zero-order chi connectivity index (χ0) is 24.5. The highest BCUT2D eigenvalue weighted by atomic mass is 16.5. The summed E-state index contributed by atoms with van der Waals surface area (Å²) in [6.45, 7) is 12.9. The number of hydrogen-bond acceptors (Lipinski definition) is 5. The number of piperidine rings is 1. The Balaban J connectivity index is 1.46. The number of fused-ring (bicyclic) bond motifs is 1. The maximum atomic E-state index is 5.57. The van der Waals surface area contributed by atoms with E-state index in [4.69, 9.17) is 15.5 Å². The second-order valence-electron chi connectivity index (χ2n) is 10.5. The summed E-state index contributed by atoms with van der Waals surface area (Å²) in [6.07, 6.45) is 7.87. The lowest BCUT2D eigenvalue weighted by Gasteiger charge is -2.39. The summed E-state index contributed by atoms with van der Waals surface area (Å²) in [5.41, 5.74) is 14.7. The minimum absolute atomic E-state index is 0.333. The van der Waals surface area contributed by atoms with Crippen molar-refractivity contribution in [1.29, 1.82) is 0 Å². The molecule has 0 radical (unpaired) electrons. The average Bonchev–Trinajstić information content (AvgIpc) is 3.24. The smallest absolute Gasteiger partial charge is 0.156 e. The van der Waals surface area contributed by atoms with Crippen molar-refractivity contribution in [3.8, 4) is 11.3 Å². The van der Waals surface area contributed by atoms with Gasteiger partial charge in [0, 0.05) is 48.2 Å². The normalized spacial score (nSPS) is 18.9. The van der Waals surface area contributed by atoms with E-state index in [0.29, 0.717) is 23.7 Å². The summed E-state index contributed by atoms with van der Waals surface area (Å²) in [4.78, 5) is 20.4. The summed E-state index contributed by atoms with van der Waals surface area (Å²) < 4.78 is 5.57. The molecule has 0 atom stereocenters. The summed E-state index contributed by atoms with van der Waals surface area (Å²) in [5.74, 6) is 1.51. The molecule has 7 nitrogen and oxygen atoms in total. The van der Waals surface area contributed by atoms with E-state index in [9.17, 15) is 0 Å². The van der Waals surface area contributed by atoms with Crippen molar-refractivity contribution >= 4 is 23.2 Å². The van der Waals surface area contributed by atoms with E-state index in [-0.39, 0.29) is 0 Å². The van der Waals surface area contributed by atoms with Gasteiger partial charge in [0.1, 0.15) is 0 Å². The maximum absolute atomic E-state index is 5.57. The van der Waals surface area contributed by atoms with Crippen LogP contribution in [0.4, 0.5) is 5.82 Å². The number of likely N-dealkylation sites (tertiary alicyclic amines) is 1. The second kappa shape index (κ2) is 10.1. The standard InChI is InChI=1S/C28H38N6O/c1-17(2)24-26(21-13-19(4)28(30-15-21)31-16-29)32-23-14-18(3)25(33-27(23)24)20-5-9-34(10-6-20)22-7-11-35-12-8-22/h13-17,20,22,32H,5-12H2,1-4H3,(H2,29,30,31). The number of ether oxygens (including phenoxy) is 1. The van der Waals surface area contributed by atoms with Crippen LogP contribution in [0.2, 0.25) is 0 Å². The summed E-state index contributed by atoms with van der Waals surface area (Å²) in [7, 11) is 0. The van der Waals surface area contributed by atoms with Crippen LogP contribution in [0.3, 0.4) is 0 Å². The van der Waals surface area contributed by atoms with E-state index in [2.05, 4.69) is 52.8 Å². The van der Waals surface area contributed by atoms with Crippen molar-refractivity contribution in [2.24, 2.45) is 10.7 Å². The van der Waals surface area contributed by atoms with Gasteiger partial charge >= 0.3 is 0 Å². The molecule has 0 aromatic carbocycles. The van der Waals surface area contributed by atoms with Gasteiger partial charge in [0.15, 0.2) is 5.82 Å². The Hall–Kier alpha value is -2.77. The Morgan fingerprint density at radius 1 is 1.11 bits per heavy atom. The minimum Gasteiger partial charge on any atom is -0.390 e. The Labute approximate surface area is 208 Å². The first-order valence-electron chi connectivity index (χ1n) is 13.0. The molecular formula is C28H38N6O. The topological polar surface area (TPSA) is 92.4 Å². The third-order valence-electron chi connectivity index (χ3n) is 7.77. The molecule has 2 saturated heterocycles. The number of nitrogens with two attached hydrogens (primary N) is 1. The molecule has 7 heteroatoms. The van der Waals surface area contributed by atoms with Crippen molar-refractivity contribution < 1.29 is 4.74 Å². The third-order valence-corrected chi connectivity index (χ3v) is 7.77. The number of rotatable bonds is 5. The van der Waals surface area contributed by atoms with E-state index >= 15 is 0 Å². The van der Waals surface area contributed by atoms with Crippen LogP contribution in [0.5, 0.6) is 0 Å². The third kappa shape index (κ3) is 4.71. The maximum Gasteiger partial charge on any atom is 0.156 e. The van der Waals surface area contributed by atoms with Crippen LogP contribution >= 0.6 is 0 Å². The second-order valence-corrected chi connectivity index (χ2v) is 10.5. The Morgan fingerprint density at radius 2 is 1.86 bits per heavy atom. The zero-order valence-corrected chi connectivity index (χ0v) is 21.5. The van der Waals surface area contributed by atoms with Crippen LogP contribution in [-0.2, 0) is 4.74 Å². The van der Waals surface area contributed by atoms with Gasteiger partial charge in [-0.15, -0.1) is 0 Å². The molecule has 3 aromatic heterocycles. The monoisotopic (exact) mass is 474 g/mol. The van der Waals surface area contributed by atoms with E-state index < -0.39 is 0 Å². The van der Waals surface area contributed by atoms with Gasteiger partial charge in [0.2, 0.25) is 0 Å². The quantitative estimate of drug-likeness (QED) is 0.384. The van der Waals surface area contributed by atoms with E-state index in [1.165, 1.54) is 48.8 Å². The number of aliphatic imine (C=N–C) groups is 1. The lowest BCUT2D eigenvalue weighted by molar-refractivity contribution is 0.0250. The Bertz CT molecular complexity index is 1220. The molecule has 2 aliphatic rings. The summed E-state index contributed by atoms with van der Waals surface area (Å²) >= 11 is 0. The molecule has 0 saturated carbocycles. The predicted molar refractivity (Wildman–Crippen MR) is 143 cm³/mol. The lowest BCUT2D eigenvalue weighted by atomic mass is 9.89. The molecule has 35 heavy (non-hydrogen) atoms. The number of aromatic nitrogens is 3. The average molecular weight is 475 g/mol. The Morgan fingerprint density at radius 3 is 2.51 bits per heavy atom. The number of H-pyrrole nitrogens is 1. The molecule has 2 fully saturated rings. The van der Waals surface area contributed by atoms with Crippen LogP contribution in [0, 0.1) is 13.8 Å². The molecule has 0 amide bonds. The molecule has 3 N–H and O–H groups in total. The summed E-state index contributed by atoms with van der Waals surface area (Å²) in [6, 6.07) is 5.12. The van der Waals surface area contributed by atoms with Crippen LogP contribution in [0.25, 0.3) is 22.3 Å². The van der Waals surface area contributed by atoms with Crippen LogP contribution in [-0.4, -0.2) is 58.5 Å². The van der Waals surface area contributed by atoms with Gasteiger partial charge in [-0.25, -0.2) is 9.98 Å². The molecule has 0 unspecified atom stereocenters. The van der Waals surface area contributed by atoms with E-state index in [1.54, 1.807) is 0 Å². The highest BCUT2D eigenvalue weighted by Crippen LogP contribution is 2.38. The van der Waals surface area contributed by atoms with Crippen molar-refractivity contribution in [3.05, 3.63) is 40.7 Å². The fourth-order valence-electron chi connectivity index (χ4n) is 5.95. The zero-order valence-electron chi connectivity index (χ0n) is 21.5. The number of nitrogens with one attached hydrogen (secondary N) is 1. The highest BCUT2D eigenvalue weighted by Gasteiger charge is 2.29. The first kappa shape index (κ1) is 23.9. The van der Waals surface area contributed by atoms with Crippen LogP contribution in [0.15, 0.2) is 23.3 Å². The molecule has 0 aliphatic carbocycles. The van der Waals surface area contributed by atoms with Gasteiger partial charge in [-0.05, 0) is 81.8 Å². The summed E-state index contributed by atoms with van der Waals surface area (Å²) in [5, 5.41) is 0. The molecule has 5 heterocycles. The number of aromatic amines is 1. The van der Waals surface area contributed by atoms with E-state index in [0.717, 1.165) is 54.2 Å². The van der Waals surface area contributed by atoms with Gasteiger partial charge in [-0.3, -0.25) is 4.98 Å². The Kier molecular flexibility index (Phi) is 6.89. The lowest BCUT2D eigenvalue weighted by Crippen LogP contribution is -2.43. The first-order valence-corrected chi connectivity index (χ1v) is 13.0. The van der Waals surface area contributed by atoms with Gasteiger partial charge in [-0.1, -0.05) is 13.8 Å². The van der Waals surface area contributed by atoms with Gasteiger partial charge < -0.3 is 20.4 Å². The largest absolute Gasteiger partial charge is 0.390 e. The van der Waals surface area contributed by atoms with Crippen molar-refractivity contribution in [3.63, 3.8) is 0 Å². The van der Waals surface area contributed by atoms with Crippen molar-refractivity contribution in [2.75, 3.05) is 26.3 Å². The number of pyridine rings is 2. The fourth-order valence-corrected chi connectivity index (χ4v) is 5.95. The highest BCUT2D eigenvalue weighted by molar-refractivity contribution is 5.89. The van der Waals surface area contributed by atoms with Gasteiger partial charge in [0.05, 0.1) is 23.1 Å². The van der Waals surface area contributed by atoms with Crippen molar-refractivity contribution in [2.45, 2.75) is 71.3 Å². The molecule has 5 rings (SSSR count).